The van der Waals surface area contributed by atoms with Crippen molar-refractivity contribution in [1.82, 2.24) is 23.9 Å². The largest absolute Gasteiger partial charge is 0.345 e. The zero-order valence-corrected chi connectivity index (χ0v) is 10.5. The number of nitrogens with one attached hydrogen (secondary N) is 1. The zero-order chi connectivity index (χ0) is 13.4. The van der Waals surface area contributed by atoms with Gasteiger partial charge in [-0.3, -0.25) is 14.7 Å². The van der Waals surface area contributed by atoms with Crippen LogP contribution in [0.4, 0.5) is 5.95 Å². The maximum absolute atomic E-state index is 11.9. The van der Waals surface area contributed by atoms with E-state index >= 15 is 0 Å². The van der Waals surface area contributed by atoms with Crippen molar-refractivity contribution in [2.45, 2.75) is 25.4 Å². The SMILES string of the molecule is Cn1cnn(CC(=O)Nc2nccn2C2CC2)c1=O. The van der Waals surface area contributed by atoms with Gasteiger partial charge in [-0.2, -0.15) is 5.10 Å². The lowest BCUT2D eigenvalue weighted by molar-refractivity contribution is -0.117. The van der Waals surface area contributed by atoms with Gasteiger partial charge in [0, 0.05) is 25.5 Å². The molecule has 1 fully saturated rings. The normalized spacial score (nSPS) is 14.6. The van der Waals surface area contributed by atoms with Crippen molar-refractivity contribution in [2.75, 3.05) is 5.32 Å². The average molecular weight is 262 g/mol. The third-order valence-corrected chi connectivity index (χ3v) is 3.04. The van der Waals surface area contributed by atoms with Crippen molar-refractivity contribution in [3.63, 3.8) is 0 Å². The summed E-state index contributed by atoms with van der Waals surface area (Å²) in [6, 6.07) is 0.440. The number of rotatable bonds is 4. The highest BCUT2D eigenvalue weighted by atomic mass is 16.2. The Morgan fingerprint density at radius 3 is 2.95 bits per heavy atom. The number of amides is 1. The molecule has 2 heterocycles. The Kier molecular flexibility index (Phi) is 2.69. The van der Waals surface area contributed by atoms with Crippen molar-refractivity contribution in [3.8, 4) is 0 Å². The van der Waals surface area contributed by atoms with E-state index in [1.807, 2.05) is 10.8 Å². The van der Waals surface area contributed by atoms with E-state index in [0.29, 0.717) is 12.0 Å². The van der Waals surface area contributed by atoms with Crippen LogP contribution in [0.3, 0.4) is 0 Å². The Labute approximate surface area is 108 Å². The fourth-order valence-electron chi connectivity index (χ4n) is 1.89. The second kappa shape index (κ2) is 4.38. The molecular weight excluding hydrogens is 248 g/mol. The van der Waals surface area contributed by atoms with Crippen LogP contribution in [0.15, 0.2) is 23.5 Å². The second-order valence-corrected chi connectivity index (χ2v) is 4.62. The topological polar surface area (TPSA) is 86.7 Å². The van der Waals surface area contributed by atoms with Gasteiger partial charge in [0.1, 0.15) is 12.9 Å². The molecule has 1 amide bonds. The number of hydrogen-bond donors (Lipinski definition) is 1. The summed E-state index contributed by atoms with van der Waals surface area (Å²) in [6.07, 6.45) is 7.10. The summed E-state index contributed by atoms with van der Waals surface area (Å²) in [7, 11) is 1.59. The first-order chi connectivity index (χ1) is 9.15. The average Bonchev–Trinajstić information content (AvgIpc) is 3.06. The van der Waals surface area contributed by atoms with E-state index in [1.165, 1.54) is 10.9 Å². The number of carbonyl (C=O) groups is 1. The summed E-state index contributed by atoms with van der Waals surface area (Å²) in [6.45, 7) is -0.114. The van der Waals surface area contributed by atoms with E-state index in [2.05, 4.69) is 15.4 Å². The zero-order valence-electron chi connectivity index (χ0n) is 10.5. The number of anilines is 1. The van der Waals surface area contributed by atoms with E-state index in [4.69, 9.17) is 0 Å². The number of aryl methyl sites for hydroxylation is 1. The summed E-state index contributed by atoms with van der Waals surface area (Å²) >= 11 is 0. The molecule has 19 heavy (non-hydrogen) atoms. The fraction of sp³-hybridized carbons (Fsp3) is 0.455. The molecule has 0 bridgehead atoms. The molecule has 3 rings (SSSR count). The predicted molar refractivity (Wildman–Crippen MR) is 66.6 cm³/mol. The third-order valence-electron chi connectivity index (χ3n) is 3.04. The fourth-order valence-corrected chi connectivity index (χ4v) is 1.89. The first-order valence-corrected chi connectivity index (χ1v) is 6.06. The van der Waals surface area contributed by atoms with Gasteiger partial charge >= 0.3 is 5.69 Å². The lowest BCUT2D eigenvalue weighted by Crippen LogP contribution is -2.29. The lowest BCUT2D eigenvalue weighted by Gasteiger charge is -2.07. The standard InChI is InChI=1S/C11H14N6O2/c1-15-7-13-17(11(15)19)6-9(18)14-10-12-4-5-16(10)8-2-3-8/h4-5,7-8H,2-3,6H2,1H3,(H,12,14,18). The van der Waals surface area contributed by atoms with Crippen LogP contribution in [-0.4, -0.2) is 29.8 Å². The molecule has 0 aliphatic heterocycles. The highest BCUT2D eigenvalue weighted by Crippen LogP contribution is 2.36. The predicted octanol–water partition coefficient (Wildman–Crippen LogP) is -0.248. The number of carbonyl (C=O) groups excluding carboxylic acids is 1. The van der Waals surface area contributed by atoms with E-state index < -0.39 is 0 Å². The number of nitrogens with zero attached hydrogens (tertiary/aromatic N) is 5. The summed E-state index contributed by atoms with van der Waals surface area (Å²) in [5.74, 6) is 0.213. The highest BCUT2D eigenvalue weighted by Gasteiger charge is 2.26. The van der Waals surface area contributed by atoms with Crippen molar-refractivity contribution < 1.29 is 4.79 Å². The van der Waals surface area contributed by atoms with Crippen LogP contribution < -0.4 is 11.0 Å². The van der Waals surface area contributed by atoms with Gasteiger partial charge in [0.2, 0.25) is 11.9 Å². The maximum atomic E-state index is 11.9. The molecular formula is C11H14N6O2. The molecule has 8 nitrogen and oxygen atoms in total. The van der Waals surface area contributed by atoms with Gasteiger partial charge in [-0.25, -0.2) is 14.5 Å². The van der Waals surface area contributed by atoms with Crippen molar-refractivity contribution >= 4 is 11.9 Å². The minimum absolute atomic E-state index is 0.114. The first-order valence-electron chi connectivity index (χ1n) is 6.06. The minimum Gasteiger partial charge on any atom is -0.314 e. The molecule has 1 N–H and O–H groups in total. The Morgan fingerprint density at radius 2 is 2.32 bits per heavy atom. The molecule has 8 heteroatoms. The molecule has 0 atom stereocenters. The summed E-state index contributed by atoms with van der Waals surface area (Å²) in [5, 5.41) is 6.53. The Morgan fingerprint density at radius 1 is 1.53 bits per heavy atom. The monoisotopic (exact) mass is 262 g/mol. The van der Waals surface area contributed by atoms with E-state index in [0.717, 1.165) is 17.5 Å². The molecule has 1 saturated carbocycles. The van der Waals surface area contributed by atoms with Gasteiger partial charge in [-0.15, -0.1) is 0 Å². The molecule has 100 valence electrons. The quantitative estimate of drug-likeness (QED) is 0.823. The molecule has 2 aromatic rings. The van der Waals surface area contributed by atoms with Crippen LogP contribution in [0.5, 0.6) is 0 Å². The Hall–Kier alpha value is -2.38. The van der Waals surface area contributed by atoms with Crippen molar-refractivity contribution in [1.29, 1.82) is 0 Å². The van der Waals surface area contributed by atoms with Gasteiger partial charge in [0.05, 0.1) is 0 Å². The van der Waals surface area contributed by atoms with Crippen molar-refractivity contribution in [2.24, 2.45) is 7.05 Å². The highest BCUT2D eigenvalue weighted by molar-refractivity contribution is 5.88. The van der Waals surface area contributed by atoms with Gasteiger partial charge < -0.3 is 4.57 Å². The van der Waals surface area contributed by atoms with E-state index in [1.54, 1.807) is 13.2 Å². The third kappa shape index (κ3) is 2.28. The van der Waals surface area contributed by atoms with Crippen LogP contribution in [0.25, 0.3) is 0 Å². The summed E-state index contributed by atoms with van der Waals surface area (Å²) in [5.41, 5.74) is -0.319. The smallest absolute Gasteiger partial charge is 0.314 e. The number of hydrogen-bond acceptors (Lipinski definition) is 4. The van der Waals surface area contributed by atoms with Crippen LogP contribution in [0, 0.1) is 0 Å². The van der Waals surface area contributed by atoms with Crippen LogP contribution in [-0.2, 0) is 18.4 Å². The maximum Gasteiger partial charge on any atom is 0.345 e. The van der Waals surface area contributed by atoms with Gasteiger partial charge in [0.15, 0.2) is 0 Å². The second-order valence-electron chi connectivity index (χ2n) is 4.62. The van der Waals surface area contributed by atoms with Gasteiger partial charge in [-0.1, -0.05) is 0 Å². The van der Waals surface area contributed by atoms with Gasteiger partial charge in [-0.05, 0) is 12.8 Å². The van der Waals surface area contributed by atoms with Crippen LogP contribution in [0.2, 0.25) is 0 Å². The summed E-state index contributed by atoms with van der Waals surface area (Å²) < 4.78 is 4.37. The number of imidazole rings is 1. The molecule has 0 aromatic carbocycles. The minimum atomic E-state index is -0.319. The lowest BCUT2D eigenvalue weighted by atomic mass is 10.6. The molecule has 2 aromatic heterocycles. The van der Waals surface area contributed by atoms with Gasteiger partial charge in [0.25, 0.3) is 0 Å². The van der Waals surface area contributed by atoms with E-state index in [9.17, 15) is 9.59 Å². The molecule has 0 radical (unpaired) electrons. The molecule has 0 saturated heterocycles. The van der Waals surface area contributed by atoms with Crippen LogP contribution in [0.1, 0.15) is 18.9 Å². The Balaban J connectivity index is 1.69. The molecule has 1 aliphatic rings. The molecule has 0 unspecified atom stereocenters. The molecule has 0 spiro atoms. The molecule has 1 aliphatic carbocycles. The number of aromatic nitrogens is 5. The first kappa shape index (κ1) is 11.7. The van der Waals surface area contributed by atoms with Crippen LogP contribution >= 0.6 is 0 Å². The van der Waals surface area contributed by atoms with Crippen molar-refractivity contribution in [3.05, 3.63) is 29.2 Å². The summed E-state index contributed by atoms with van der Waals surface area (Å²) in [4.78, 5) is 27.5. The Bertz CT molecular complexity index is 663. The van der Waals surface area contributed by atoms with E-state index in [-0.39, 0.29) is 18.1 Å².